The first-order valence-electron chi connectivity index (χ1n) is 23.2. The van der Waals surface area contributed by atoms with E-state index in [1.807, 2.05) is 0 Å². The fourth-order valence-corrected chi connectivity index (χ4v) is 9.61. The highest BCUT2D eigenvalue weighted by Crippen LogP contribution is 2.51. The lowest BCUT2D eigenvalue weighted by Crippen LogP contribution is -2.38. The van der Waals surface area contributed by atoms with Crippen LogP contribution in [-0.2, 0) is 20.4 Å². The molecule has 2 amide bonds. The highest BCUT2D eigenvalue weighted by molar-refractivity contribution is 6.07. The molecular weight excluding hydrogens is 749 g/mol. The number of hydrogen-bond donors (Lipinski definition) is 1. The molecule has 0 fully saturated rings. The highest BCUT2D eigenvalue weighted by atomic mass is 16.2. The molecular formula is C55H71N4O2+. The third-order valence-corrected chi connectivity index (χ3v) is 12.9. The Morgan fingerprint density at radius 2 is 1.33 bits per heavy atom. The van der Waals surface area contributed by atoms with Crippen molar-refractivity contribution in [3.8, 4) is 0 Å². The molecule has 61 heavy (non-hydrogen) atoms. The summed E-state index contributed by atoms with van der Waals surface area (Å²) in [5.74, 6) is -0.0465. The zero-order valence-corrected chi connectivity index (χ0v) is 38.2. The minimum Gasteiger partial charge on any atom is -0.355 e. The van der Waals surface area contributed by atoms with Gasteiger partial charge in [0.1, 0.15) is 6.54 Å². The molecule has 0 spiro atoms. The Hall–Kier alpha value is -5.23. The van der Waals surface area contributed by atoms with Crippen LogP contribution in [0.2, 0.25) is 0 Å². The Morgan fingerprint density at radius 1 is 0.689 bits per heavy atom. The Morgan fingerprint density at radius 3 is 2.07 bits per heavy atom. The second-order valence-corrected chi connectivity index (χ2v) is 18.2. The molecule has 2 heterocycles. The summed E-state index contributed by atoms with van der Waals surface area (Å²) < 4.78 is 2.56. The fraction of sp³-hybridized carbons (Fsp3) is 0.436. The van der Waals surface area contributed by atoms with E-state index in [1.165, 1.54) is 87.6 Å². The van der Waals surface area contributed by atoms with E-state index < -0.39 is 0 Å². The molecule has 0 aromatic heterocycles. The number of carbonyl (C=O) groups excluding carboxylic acids is 2. The van der Waals surface area contributed by atoms with Crippen LogP contribution in [0.15, 0.2) is 121 Å². The van der Waals surface area contributed by atoms with Crippen molar-refractivity contribution in [2.75, 3.05) is 38.1 Å². The lowest BCUT2D eigenvalue weighted by Gasteiger charge is -2.27. The van der Waals surface area contributed by atoms with E-state index in [0.717, 1.165) is 45.2 Å². The van der Waals surface area contributed by atoms with Crippen LogP contribution in [0.4, 0.5) is 11.4 Å². The topological polar surface area (TPSA) is 55.7 Å². The summed E-state index contributed by atoms with van der Waals surface area (Å²) in [7, 11) is 1.74. The van der Waals surface area contributed by atoms with Crippen molar-refractivity contribution < 1.29 is 14.2 Å². The van der Waals surface area contributed by atoms with Crippen molar-refractivity contribution in [3.05, 3.63) is 132 Å². The molecule has 2 aliphatic heterocycles. The summed E-state index contributed by atoms with van der Waals surface area (Å²) in [4.78, 5) is 29.4. The average molecular weight is 820 g/mol. The minimum atomic E-state index is -0.190. The number of carbonyl (C=O) groups is 2. The van der Waals surface area contributed by atoms with Gasteiger partial charge in [0.15, 0.2) is 5.71 Å². The summed E-state index contributed by atoms with van der Waals surface area (Å²) in [5, 5.41) is 8.18. The molecule has 0 unspecified atom stereocenters. The van der Waals surface area contributed by atoms with Gasteiger partial charge in [-0.25, -0.2) is 0 Å². The number of benzene rings is 4. The molecule has 6 nitrogen and oxygen atoms in total. The number of unbranched alkanes of at least 4 members (excludes halogenated alkanes) is 7. The van der Waals surface area contributed by atoms with Crippen LogP contribution >= 0.6 is 0 Å². The Bertz CT molecular complexity index is 2320. The molecule has 0 aliphatic carbocycles. The standard InChI is InChI=1S/C55H70N4O2/c1-8-10-12-24-38-56-50(60)41-57(7)51(61)33-19-16-26-40-59-47-37-35-43-28-21-23-30-45(43)53(47)55(5,6)49(59)32-18-15-13-14-17-31-48-54(3,4)52-44-29-22-20-27-42(44)34-36-46(52)58(48)39-25-11-9-2/h13-15,17-18,20-23,27-32,34-37H,8-12,16,19,24-26,33,38-41H2,1-7H3/p+1. The molecule has 322 valence electrons. The molecule has 0 saturated heterocycles. The van der Waals surface area contributed by atoms with Crippen LogP contribution in [0.5, 0.6) is 0 Å². The van der Waals surface area contributed by atoms with Gasteiger partial charge in [-0.1, -0.05) is 145 Å². The maximum Gasteiger partial charge on any atom is 0.239 e. The maximum atomic E-state index is 12.9. The van der Waals surface area contributed by atoms with Crippen LogP contribution in [0.1, 0.15) is 123 Å². The monoisotopic (exact) mass is 820 g/mol. The number of hydrogen-bond acceptors (Lipinski definition) is 3. The first-order valence-corrected chi connectivity index (χ1v) is 23.2. The Balaban J connectivity index is 1.12. The quantitative estimate of drug-likeness (QED) is 0.0517. The predicted octanol–water partition coefficient (Wildman–Crippen LogP) is 12.6. The van der Waals surface area contributed by atoms with Gasteiger partial charge < -0.3 is 15.1 Å². The molecule has 0 radical (unpaired) electrons. The average Bonchev–Trinajstić information content (AvgIpc) is 3.61. The molecule has 6 heteroatoms. The van der Waals surface area contributed by atoms with Gasteiger partial charge >= 0.3 is 0 Å². The van der Waals surface area contributed by atoms with Crippen LogP contribution in [0, 0.1) is 0 Å². The minimum absolute atomic E-state index is 0.0300. The summed E-state index contributed by atoms with van der Waals surface area (Å²) in [6.07, 6.45) is 26.7. The Kier molecular flexibility index (Phi) is 15.6. The highest BCUT2D eigenvalue weighted by Gasteiger charge is 2.45. The normalized spacial score (nSPS) is 16.2. The van der Waals surface area contributed by atoms with Crippen molar-refractivity contribution in [3.63, 3.8) is 0 Å². The number of amides is 2. The van der Waals surface area contributed by atoms with Crippen molar-refractivity contribution in [2.45, 2.75) is 123 Å². The van der Waals surface area contributed by atoms with Gasteiger partial charge in [-0.15, -0.1) is 0 Å². The first kappa shape index (κ1) is 45.3. The summed E-state index contributed by atoms with van der Waals surface area (Å²) in [5.41, 5.74) is 7.76. The largest absolute Gasteiger partial charge is 0.355 e. The lowest BCUT2D eigenvalue weighted by molar-refractivity contribution is -0.438. The molecule has 2 aliphatic rings. The van der Waals surface area contributed by atoms with E-state index in [1.54, 1.807) is 11.9 Å². The van der Waals surface area contributed by atoms with E-state index in [-0.39, 0.29) is 29.2 Å². The number of nitrogens with one attached hydrogen (secondary N) is 1. The smallest absolute Gasteiger partial charge is 0.239 e. The number of rotatable bonds is 21. The zero-order valence-electron chi connectivity index (χ0n) is 38.2. The second-order valence-electron chi connectivity index (χ2n) is 18.2. The molecule has 0 atom stereocenters. The number of likely N-dealkylation sites (N-methyl/N-ethyl adjacent to an activating group) is 1. The summed E-state index contributed by atoms with van der Waals surface area (Å²) in [6, 6.07) is 26.7. The third kappa shape index (κ3) is 10.5. The van der Waals surface area contributed by atoms with Gasteiger partial charge in [0.05, 0.1) is 12.0 Å². The predicted molar refractivity (Wildman–Crippen MR) is 259 cm³/mol. The lowest BCUT2D eigenvalue weighted by atomic mass is 9.79. The van der Waals surface area contributed by atoms with Crippen molar-refractivity contribution in [2.24, 2.45) is 0 Å². The van der Waals surface area contributed by atoms with E-state index >= 15 is 0 Å². The first-order chi connectivity index (χ1) is 29.5. The SMILES string of the molecule is CCCCCCNC(=O)CN(C)C(=O)CCCCCN1\C(=C/C=C/C=C/C=C/C2=[N+](CCCCC)c3ccc4ccccc4c3C2(C)C)C(C)(C)c2c1ccc1ccccc21. The summed E-state index contributed by atoms with van der Waals surface area (Å²) >= 11 is 0. The second kappa shape index (κ2) is 21.0. The van der Waals surface area contributed by atoms with Crippen LogP contribution < -0.4 is 10.2 Å². The fourth-order valence-electron chi connectivity index (χ4n) is 9.61. The molecule has 0 saturated carbocycles. The van der Waals surface area contributed by atoms with Crippen LogP contribution in [-0.4, -0.2) is 60.2 Å². The van der Waals surface area contributed by atoms with Crippen molar-refractivity contribution in [1.82, 2.24) is 10.2 Å². The van der Waals surface area contributed by atoms with Gasteiger partial charge in [0.2, 0.25) is 17.5 Å². The molecule has 0 bridgehead atoms. The van der Waals surface area contributed by atoms with E-state index in [4.69, 9.17) is 0 Å². The zero-order chi connectivity index (χ0) is 43.4. The maximum absolute atomic E-state index is 12.9. The third-order valence-electron chi connectivity index (χ3n) is 12.9. The van der Waals surface area contributed by atoms with E-state index in [2.05, 4.69) is 172 Å². The molecule has 1 N–H and O–H groups in total. The number of anilines is 1. The molecule has 6 rings (SSSR count). The van der Waals surface area contributed by atoms with Gasteiger partial charge in [-0.2, -0.15) is 4.58 Å². The molecule has 4 aromatic rings. The van der Waals surface area contributed by atoms with Gasteiger partial charge in [0, 0.05) is 67.5 Å². The number of fused-ring (bicyclic) bond motifs is 6. The number of allylic oxidation sites excluding steroid dienone is 8. The summed E-state index contributed by atoms with van der Waals surface area (Å²) in [6.45, 7) is 16.6. The Labute approximate surface area is 366 Å². The number of nitrogens with zero attached hydrogens (tertiary/aromatic N) is 3. The van der Waals surface area contributed by atoms with Gasteiger partial charge in [-0.3, -0.25) is 9.59 Å². The van der Waals surface area contributed by atoms with Crippen molar-refractivity contribution in [1.29, 1.82) is 0 Å². The van der Waals surface area contributed by atoms with E-state index in [0.29, 0.717) is 13.0 Å². The van der Waals surface area contributed by atoms with E-state index in [9.17, 15) is 9.59 Å². The van der Waals surface area contributed by atoms with Crippen molar-refractivity contribution >= 4 is 50.4 Å². The molecule has 4 aromatic carbocycles. The van der Waals surface area contributed by atoms with Gasteiger partial charge in [0.25, 0.3) is 0 Å². The van der Waals surface area contributed by atoms with Gasteiger partial charge in [-0.05, 0) is 84.8 Å². The van der Waals surface area contributed by atoms with Crippen LogP contribution in [0.3, 0.4) is 0 Å². The van der Waals surface area contributed by atoms with Crippen LogP contribution in [0.25, 0.3) is 21.5 Å².